The van der Waals surface area contributed by atoms with Crippen LogP contribution in [0.4, 0.5) is 0 Å². The molecule has 1 aromatic rings. The maximum Gasteiger partial charge on any atom is 0.264 e. The second-order valence-corrected chi connectivity index (χ2v) is 2.76. The van der Waals surface area contributed by atoms with Gasteiger partial charge in [-0.15, -0.1) is 0 Å². The van der Waals surface area contributed by atoms with E-state index in [0.717, 1.165) is 5.69 Å². The fourth-order valence-electron chi connectivity index (χ4n) is 1.05. The number of rotatable bonds is 1. The van der Waals surface area contributed by atoms with E-state index in [-0.39, 0.29) is 5.56 Å². The number of hydrogen-bond donors (Lipinski definition) is 1. The Morgan fingerprint density at radius 3 is 2.40 bits per heavy atom. The van der Waals surface area contributed by atoms with E-state index in [9.17, 15) is 4.79 Å². The van der Waals surface area contributed by atoms with Gasteiger partial charge in [-0.25, -0.2) is 0 Å². The van der Waals surface area contributed by atoms with E-state index in [0.29, 0.717) is 5.92 Å². The minimum Gasteiger partial charge on any atom is -0.292 e. The number of nitrogens with one attached hydrogen (secondary N) is 1. The summed E-state index contributed by atoms with van der Waals surface area (Å²) in [7, 11) is 1.84. The molecule has 0 radical (unpaired) electrons. The topological polar surface area (TPSA) is 37.8 Å². The number of aromatic nitrogens is 2. The summed E-state index contributed by atoms with van der Waals surface area (Å²) in [5, 5.41) is 2.65. The maximum absolute atomic E-state index is 10.7. The van der Waals surface area contributed by atoms with Gasteiger partial charge in [-0.2, -0.15) is 0 Å². The lowest BCUT2D eigenvalue weighted by Gasteiger charge is -2.03. The van der Waals surface area contributed by atoms with Crippen LogP contribution in [0.2, 0.25) is 0 Å². The molecule has 0 aromatic carbocycles. The van der Waals surface area contributed by atoms with Gasteiger partial charge in [0.15, 0.2) is 0 Å². The highest BCUT2D eigenvalue weighted by molar-refractivity contribution is 5.04. The van der Waals surface area contributed by atoms with Gasteiger partial charge < -0.3 is 0 Å². The zero-order valence-corrected chi connectivity index (χ0v) is 6.51. The molecule has 0 aliphatic rings. The molecular weight excluding hydrogens is 128 g/mol. The Morgan fingerprint density at radius 2 is 2.20 bits per heavy atom. The van der Waals surface area contributed by atoms with Crippen LogP contribution in [0.3, 0.4) is 0 Å². The van der Waals surface area contributed by atoms with Crippen molar-refractivity contribution in [3.63, 3.8) is 0 Å². The molecule has 0 aliphatic carbocycles. The third-order valence-corrected chi connectivity index (χ3v) is 1.54. The first-order valence-electron chi connectivity index (χ1n) is 3.37. The lowest BCUT2D eigenvalue weighted by Crippen LogP contribution is -2.02. The first-order chi connectivity index (χ1) is 4.61. The molecule has 0 spiro atoms. The quantitative estimate of drug-likeness (QED) is 0.616. The summed E-state index contributed by atoms with van der Waals surface area (Å²) in [6.45, 7) is 4.12. The van der Waals surface area contributed by atoms with E-state index < -0.39 is 0 Å². The van der Waals surface area contributed by atoms with E-state index in [1.807, 2.05) is 7.05 Å². The van der Waals surface area contributed by atoms with Crippen molar-refractivity contribution in [2.24, 2.45) is 7.05 Å². The van der Waals surface area contributed by atoms with Crippen LogP contribution in [0.25, 0.3) is 0 Å². The minimum absolute atomic E-state index is 0.0220. The molecule has 0 fully saturated rings. The van der Waals surface area contributed by atoms with E-state index >= 15 is 0 Å². The Labute approximate surface area is 59.7 Å². The molecule has 0 saturated heterocycles. The van der Waals surface area contributed by atoms with Crippen LogP contribution in [-0.4, -0.2) is 9.78 Å². The molecule has 0 atom stereocenters. The second-order valence-electron chi connectivity index (χ2n) is 2.76. The fourth-order valence-corrected chi connectivity index (χ4v) is 1.05. The lowest BCUT2D eigenvalue weighted by molar-refractivity contribution is 0.665. The molecule has 0 bridgehead atoms. The van der Waals surface area contributed by atoms with Crippen LogP contribution < -0.4 is 5.56 Å². The zero-order valence-electron chi connectivity index (χ0n) is 6.51. The van der Waals surface area contributed by atoms with Crippen LogP contribution in [-0.2, 0) is 7.05 Å². The first-order valence-corrected chi connectivity index (χ1v) is 3.37. The molecule has 0 amide bonds. The van der Waals surface area contributed by atoms with Crippen molar-refractivity contribution in [3.05, 3.63) is 22.1 Å². The number of nitrogens with zero attached hydrogens (tertiary/aromatic N) is 1. The van der Waals surface area contributed by atoms with E-state index in [4.69, 9.17) is 0 Å². The monoisotopic (exact) mass is 140 g/mol. The Hall–Kier alpha value is -0.990. The second kappa shape index (κ2) is 2.33. The molecule has 3 heteroatoms. The van der Waals surface area contributed by atoms with Gasteiger partial charge in [-0.05, 0) is 5.92 Å². The van der Waals surface area contributed by atoms with Crippen LogP contribution in [0.1, 0.15) is 25.5 Å². The summed E-state index contributed by atoms with van der Waals surface area (Å²) in [5.41, 5.74) is 1.02. The SMILES string of the molecule is CC(C)c1cc(=O)[nH]n1C. The van der Waals surface area contributed by atoms with Crippen molar-refractivity contribution in [1.82, 2.24) is 9.78 Å². The van der Waals surface area contributed by atoms with Crippen LogP contribution in [0.5, 0.6) is 0 Å². The maximum atomic E-state index is 10.7. The Morgan fingerprint density at radius 1 is 1.60 bits per heavy atom. The van der Waals surface area contributed by atoms with Crippen molar-refractivity contribution >= 4 is 0 Å². The summed E-state index contributed by atoms with van der Waals surface area (Å²) >= 11 is 0. The van der Waals surface area contributed by atoms with Gasteiger partial charge >= 0.3 is 0 Å². The summed E-state index contributed by atoms with van der Waals surface area (Å²) in [6.07, 6.45) is 0. The summed E-state index contributed by atoms with van der Waals surface area (Å²) in [6, 6.07) is 1.63. The summed E-state index contributed by atoms with van der Waals surface area (Å²) < 4.78 is 1.76. The van der Waals surface area contributed by atoms with Gasteiger partial charge in [0, 0.05) is 18.8 Å². The molecule has 3 nitrogen and oxygen atoms in total. The predicted molar refractivity (Wildman–Crippen MR) is 40.1 cm³/mol. The molecule has 1 aromatic heterocycles. The van der Waals surface area contributed by atoms with Crippen molar-refractivity contribution in [3.8, 4) is 0 Å². The molecule has 0 aliphatic heterocycles. The Bertz CT molecular complexity index is 269. The van der Waals surface area contributed by atoms with Crippen LogP contribution >= 0.6 is 0 Å². The van der Waals surface area contributed by atoms with Crippen molar-refractivity contribution < 1.29 is 0 Å². The third kappa shape index (κ3) is 1.12. The molecule has 56 valence electrons. The average molecular weight is 140 g/mol. The first kappa shape index (κ1) is 7.12. The zero-order chi connectivity index (χ0) is 7.72. The van der Waals surface area contributed by atoms with Crippen molar-refractivity contribution in [1.29, 1.82) is 0 Å². The van der Waals surface area contributed by atoms with Crippen LogP contribution in [0.15, 0.2) is 10.9 Å². The predicted octanol–water partition coefficient (Wildman–Crippen LogP) is 0.837. The van der Waals surface area contributed by atoms with Gasteiger partial charge in [-0.3, -0.25) is 14.6 Å². The number of aromatic amines is 1. The molecule has 1 N–H and O–H groups in total. The van der Waals surface area contributed by atoms with E-state index in [1.54, 1.807) is 10.7 Å². The molecule has 1 rings (SSSR count). The normalized spacial score (nSPS) is 10.8. The number of hydrogen-bond acceptors (Lipinski definition) is 1. The molecule has 10 heavy (non-hydrogen) atoms. The van der Waals surface area contributed by atoms with E-state index in [2.05, 4.69) is 18.9 Å². The van der Waals surface area contributed by atoms with Crippen molar-refractivity contribution in [2.45, 2.75) is 19.8 Å². The molecule has 0 unspecified atom stereocenters. The molecular formula is C7H12N2O. The summed E-state index contributed by atoms with van der Waals surface area (Å²) in [4.78, 5) is 10.7. The summed E-state index contributed by atoms with van der Waals surface area (Å²) in [5.74, 6) is 0.406. The van der Waals surface area contributed by atoms with Crippen LogP contribution in [0, 0.1) is 0 Å². The lowest BCUT2D eigenvalue weighted by atomic mass is 10.1. The van der Waals surface area contributed by atoms with Gasteiger partial charge in [0.05, 0.1) is 0 Å². The van der Waals surface area contributed by atoms with Gasteiger partial charge in [-0.1, -0.05) is 13.8 Å². The van der Waals surface area contributed by atoms with Gasteiger partial charge in [0.2, 0.25) is 0 Å². The van der Waals surface area contributed by atoms with Gasteiger partial charge in [0.25, 0.3) is 5.56 Å². The molecule has 1 heterocycles. The standard InChI is InChI=1S/C7H12N2O/c1-5(2)6-4-7(10)8-9(6)3/h4-5H,1-3H3,(H,8,10). The fraction of sp³-hybridized carbons (Fsp3) is 0.571. The van der Waals surface area contributed by atoms with Gasteiger partial charge in [0.1, 0.15) is 0 Å². The Balaban J connectivity index is 3.15. The number of H-pyrrole nitrogens is 1. The average Bonchev–Trinajstić information content (AvgIpc) is 2.10. The van der Waals surface area contributed by atoms with Crippen molar-refractivity contribution in [2.75, 3.05) is 0 Å². The highest BCUT2D eigenvalue weighted by Crippen LogP contribution is 2.08. The minimum atomic E-state index is -0.0220. The Kier molecular flexibility index (Phi) is 1.66. The highest BCUT2D eigenvalue weighted by atomic mass is 16.1. The largest absolute Gasteiger partial charge is 0.292 e. The number of aryl methyl sites for hydroxylation is 1. The van der Waals surface area contributed by atoms with E-state index in [1.165, 1.54) is 0 Å². The molecule has 0 saturated carbocycles. The third-order valence-electron chi connectivity index (χ3n) is 1.54. The highest BCUT2D eigenvalue weighted by Gasteiger charge is 2.03. The smallest absolute Gasteiger partial charge is 0.264 e.